The Kier molecular flexibility index (Phi) is 2.65. The van der Waals surface area contributed by atoms with Gasteiger partial charge >= 0.3 is 0 Å². The predicted molar refractivity (Wildman–Crippen MR) is 47.6 cm³/mol. The first kappa shape index (κ1) is 8.27. The van der Waals surface area contributed by atoms with Crippen molar-refractivity contribution in [1.29, 1.82) is 0 Å². The highest BCUT2D eigenvalue weighted by Crippen LogP contribution is 2.34. The van der Waals surface area contributed by atoms with E-state index in [1.165, 1.54) is 6.92 Å². The van der Waals surface area contributed by atoms with Crippen molar-refractivity contribution in [2.24, 2.45) is 0 Å². The molecule has 0 saturated heterocycles. The Labute approximate surface area is 68.3 Å². The molecule has 1 heterocycles. The summed E-state index contributed by atoms with van der Waals surface area (Å²) in [5.41, 5.74) is 0. The van der Waals surface area contributed by atoms with Gasteiger partial charge in [0.1, 0.15) is 5.78 Å². The molecule has 60 valence electrons. The SMILES string of the molecule is CC(=O)CC(=O)[SH]1C=CC=C1. The Morgan fingerprint density at radius 1 is 1.27 bits per heavy atom. The fraction of sp³-hybridized carbons (Fsp3) is 0.250. The van der Waals surface area contributed by atoms with Gasteiger partial charge in [0.05, 0.1) is 6.42 Å². The number of ketones is 1. The second-order valence-electron chi connectivity index (χ2n) is 2.36. The highest BCUT2D eigenvalue weighted by molar-refractivity contribution is 8.34. The standard InChI is InChI=1S/C8H10O2S/c1-7(9)6-8(10)11-4-2-3-5-11/h2-5,11H,6H2,1H3. The van der Waals surface area contributed by atoms with Gasteiger partial charge in [-0.15, -0.1) is 0 Å². The van der Waals surface area contributed by atoms with E-state index in [4.69, 9.17) is 0 Å². The van der Waals surface area contributed by atoms with Crippen LogP contribution >= 0.6 is 10.9 Å². The molecule has 0 aliphatic carbocycles. The van der Waals surface area contributed by atoms with Crippen molar-refractivity contribution >= 4 is 21.8 Å². The Morgan fingerprint density at radius 3 is 2.27 bits per heavy atom. The summed E-state index contributed by atoms with van der Waals surface area (Å²) in [5.74, 6) is -0.0498. The quantitative estimate of drug-likeness (QED) is 0.504. The lowest BCUT2D eigenvalue weighted by Gasteiger charge is -2.05. The van der Waals surface area contributed by atoms with Crippen LogP contribution in [0.25, 0.3) is 0 Å². The number of allylic oxidation sites excluding steroid dienone is 2. The van der Waals surface area contributed by atoms with Gasteiger partial charge in [0, 0.05) is 0 Å². The molecule has 1 aliphatic rings. The molecular formula is C8H10O2S. The van der Waals surface area contributed by atoms with Crippen molar-refractivity contribution in [2.45, 2.75) is 13.3 Å². The Hall–Kier alpha value is -0.830. The fourth-order valence-electron chi connectivity index (χ4n) is 0.805. The highest BCUT2D eigenvalue weighted by atomic mass is 32.2. The van der Waals surface area contributed by atoms with E-state index in [2.05, 4.69) is 0 Å². The normalized spacial score (nSPS) is 17.4. The van der Waals surface area contributed by atoms with Gasteiger partial charge in [0.2, 0.25) is 0 Å². The zero-order valence-electron chi connectivity index (χ0n) is 6.28. The first-order chi connectivity index (χ1) is 5.20. The van der Waals surface area contributed by atoms with Crippen LogP contribution < -0.4 is 0 Å². The second kappa shape index (κ2) is 3.53. The summed E-state index contributed by atoms with van der Waals surface area (Å²) in [6, 6.07) is 0. The summed E-state index contributed by atoms with van der Waals surface area (Å²) in [7, 11) is -0.760. The minimum absolute atomic E-state index is 0.0498. The number of thiol groups is 1. The van der Waals surface area contributed by atoms with E-state index in [9.17, 15) is 9.59 Å². The van der Waals surface area contributed by atoms with Crippen LogP contribution in [0, 0.1) is 0 Å². The third-order valence-electron chi connectivity index (χ3n) is 1.29. The minimum Gasteiger partial charge on any atom is -0.300 e. The summed E-state index contributed by atoms with van der Waals surface area (Å²) in [5, 5.41) is 3.78. The molecule has 11 heavy (non-hydrogen) atoms. The van der Waals surface area contributed by atoms with Gasteiger partial charge in [-0.05, 0) is 17.7 Å². The van der Waals surface area contributed by atoms with Gasteiger partial charge in [-0.25, -0.2) is 0 Å². The number of Topliss-reactive ketones (excluding diaryl/α,β-unsaturated/α-hetero) is 1. The average molecular weight is 170 g/mol. The van der Waals surface area contributed by atoms with Crippen molar-refractivity contribution in [3.63, 3.8) is 0 Å². The molecule has 3 heteroatoms. The molecule has 0 fully saturated rings. The van der Waals surface area contributed by atoms with Crippen LogP contribution in [0.3, 0.4) is 0 Å². The van der Waals surface area contributed by atoms with E-state index < -0.39 is 10.9 Å². The van der Waals surface area contributed by atoms with Crippen LogP contribution in [0.2, 0.25) is 0 Å². The molecule has 0 unspecified atom stereocenters. The van der Waals surface area contributed by atoms with Crippen LogP contribution in [-0.2, 0) is 9.59 Å². The number of hydrogen-bond acceptors (Lipinski definition) is 2. The molecule has 1 aliphatic heterocycles. The van der Waals surface area contributed by atoms with Crippen molar-refractivity contribution in [3.8, 4) is 0 Å². The van der Waals surface area contributed by atoms with E-state index in [0.717, 1.165) is 0 Å². The summed E-state index contributed by atoms with van der Waals surface area (Å²) in [4.78, 5) is 21.7. The Balaban J connectivity index is 2.48. The number of carbonyl (C=O) groups is 2. The van der Waals surface area contributed by atoms with E-state index >= 15 is 0 Å². The van der Waals surface area contributed by atoms with Crippen molar-refractivity contribution < 1.29 is 9.59 Å². The van der Waals surface area contributed by atoms with Gasteiger partial charge < -0.3 is 0 Å². The van der Waals surface area contributed by atoms with E-state index in [0.29, 0.717) is 0 Å². The third-order valence-corrected chi connectivity index (χ3v) is 3.01. The van der Waals surface area contributed by atoms with Gasteiger partial charge in [-0.3, -0.25) is 9.59 Å². The van der Waals surface area contributed by atoms with Gasteiger partial charge in [-0.2, -0.15) is 10.9 Å². The zero-order chi connectivity index (χ0) is 8.27. The summed E-state index contributed by atoms with van der Waals surface area (Å²) < 4.78 is 0. The zero-order valence-corrected chi connectivity index (χ0v) is 7.17. The lowest BCUT2D eigenvalue weighted by molar-refractivity contribution is -0.121. The molecular weight excluding hydrogens is 160 g/mol. The largest absolute Gasteiger partial charge is 0.300 e. The maximum absolute atomic E-state index is 11.2. The monoisotopic (exact) mass is 170 g/mol. The fourth-order valence-corrected chi connectivity index (χ4v) is 2.21. The van der Waals surface area contributed by atoms with Gasteiger partial charge in [-0.1, -0.05) is 12.2 Å². The molecule has 0 N–H and O–H groups in total. The summed E-state index contributed by atoms with van der Waals surface area (Å²) in [6.45, 7) is 1.44. The molecule has 0 aromatic heterocycles. The predicted octanol–water partition coefficient (Wildman–Crippen LogP) is 1.53. The molecule has 0 amide bonds. The smallest absolute Gasteiger partial charge is 0.183 e. The van der Waals surface area contributed by atoms with Gasteiger partial charge in [0.25, 0.3) is 0 Å². The van der Waals surface area contributed by atoms with Crippen molar-refractivity contribution in [3.05, 3.63) is 23.0 Å². The first-order valence-corrected chi connectivity index (χ1v) is 4.84. The molecule has 0 bridgehead atoms. The molecule has 0 spiro atoms. The molecule has 0 atom stereocenters. The average Bonchev–Trinajstić information content (AvgIpc) is 2.35. The van der Waals surface area contributed by atoms with Crippen LogP contribution in [0.1, 0.15) is 13.3 Å². The Morgan fingerprint density at radius 2 is 1.82 bits per heavy atom. The molecule has 1 rings (SSSR count). The topological polar surface area (TPSA) is 34.1 Å². The molecule has 0 radical (unpaired) electrons. The van der Waals surface area contributed by atoms with Crippen molar-refractivity contribution in [1.82, 2.24) is 0 Å². The van der Waals surface area contributed by atoms with Crippen LogP contribution in [0.4, 0.5) is 0 Å². The maximum Gasteiger partial charge on any atom is 0.183 e. The maximum atomic E-state index is 11.2. The van der Waals surface area contributed by atoms with Crippen molar-refractivity contribution in [2.75, 3.05) is 0 Å². The van der Waals surface area contributed by atoms with Crippen LogP contribution in [0.5, 0.6) is 0 Å². The number of rotatable bonds is 2. The van der Waals surface area contributed by atoms with Gasteiger partial charge in [0.15, 0.2) is 5.12 Å². The lowest BCUT2D eigenvalue weighted by Crippen LogP contribution is -2.01. The lowest BCUT2D eigenvalue weighted by atomic mass is 10.3. The molecule has 2 nitrogen and oxygen atoms in total. The molecule has 0 saturated carbocycles. The highest BCUT2D eigenvalue weighted by Gasteiger charge is 2.11. The summed E-state index contributed by atoms with van der Waals surface area (Å²) >= 11 is 0. The molecule has 0 aromatic rings. The van der Waals surface area contributed by atoms with E-state index in [-0.39, 0.29) is 17.3 Å². The van der Waals surface area contributed by atoms with Crippen LogP contribution in [-0.4, -0.2) is 10.9 Å². The second-order valence-corrected chi connectivity index (χ2v) is 4.27. The first-order valence-electron chi connectivity index (χ1n) is 3.36. The Bertz CT molecular complexity index is 228. The minimum atomic E-state index is -0.760. The third kappa shape index (κ3) is 2.35. The van der Waals surface area contributed by atoms with E-state index in [1.54, 1.807) is 0 Å². The van der Waals surface area contributed by atoms with Crippen LogP contribution in [0.15, 0.2) is 23.0 Å². The number of hydrogen-bond donors (Lipinski definition) is 1. The van der Waals surface area contributed by atoms with E-state index in [1.807, 2.05) is 23.0 Å². The summed E-state index contributed by atoms with van der Waals surface area (Å²) in [6.07, 6.45) is 3.79. The molecule has 0 aromatic carbocycles. The number of carbonyl (C=O) groups excluding carboxylic acids is 2.